The van der Waals surface area contributed by atoms with E-state index in [1.807, 2.05) is 0 Å². The second kappa shape index (κ2) is 8.89. The first kappa shape index (κ1) is 19.1. The fourth-order valence-electron chi connectivity index (χ4n) is 4.21. The van der Waals surface area contributed by atoms with E-state index in [0.29, 0.717) is 0 Å². The van der Waals surface area contributed by atoms with E-state index in [1.54, 1.807) is 0 Å². The molecule has 0 N–H and O–H groups in total. The molecule has 0 aliphatic heterocycles. The minimum atomic E-state index is 0.275. The van der Waals surface area contributed by atoms with Crippen molar-refractivity contribution in [1.82, 2.24) is 0 Å². The normalized spacial score (nSPS) is 15.4. The van der Waals surface area contributed by atoms with Gasteiger partial charge in [-0.15, -0.1) is 0 Å². The van der Waals surface area contributed by atoms with E-state index in [-0.39, 0.29) is 6.04 Å². The molecule has 0 spiro atoms. The van der Waals surface area contributed by atoms with Gasteiger partial charge in [0, 0.05) is 11.4 Å². The maximum absolute atomic E-state index is 2.43. The molecule has 1 unspecified atom stereocenters. The summed E-state index contributed by atoms with van der Waals surface area (Å²) in [6, 6.07) is 41.0. The van der Waals surface area contributed by atoms with Crippen molar-refractivity contribution in [3.63, 3.8) is 0 Å². The van der Waals surface area contributed by atoms with Crippen LogP contribution in [0, 0.1) is 0 Å². The maximum Gasteiger partial charge on any atom is 0.0560 e. The second-order valence-electron chi connectivity index (χ2n) is 7.81. The van der Waals surface area contributed by atoms with Gasteiger partial charge >= 0.3 is 0 Å². The number of hydrogen-bond acceptors (Lipinski definition) is 1. The average molecular weight is 400 g/mol. The van der Waals surface area contributed by atoms with Crippen molar-refractivity contribution in [3.8, 4) is 11.1 Å². The smallest absolute Gasteiger partial charge is 0.0560 e. The van der Waals surface area contributed by atoms with E-state index in [9.17, 15) is 0 Å². The summed E-state index contributed by atoms with van der Waals surface area (Å²) in [4.78, 5) is 2.43. The van der Waals surface area contributed by atoms with Crippen molar-refractivity contribution in [3.05, 3.63) is 139 Å². The Balaban J connectivity index is 1.45. The van der Waals surface area contributed by atoms with Gasteiger partial charge in [0.25, 0.3) is 0 Å². The summed E-state index contributed by atoms with van der Waals surface area (Å²) < 4.78 is 0. The van der Waals surface area contributed by atoms with Crippen molar-refractivity contribution in [2.75, 3.05) is 4.90 Å². The number of benzene rings is 4. The Kier molecular flexibility index (Phi) is 5.49. The van der Waals surface area contributed by atoms with Gasteiger partial charge < -0.3 is 4.90 Å². The number of rotatable bonds is 5. The average Bonchev–Trinajstić information content (AvgIpc) is 2.87. The molecule has 0 saturated heterocycles. The molecule has 1 aliphatic rings. The van der Waals surface area contributed by atoms with Crippen LogP contribution in [0.3, 0.4) is 0 Å². The fourth-order valence-corrected chi connectivity index (χ4v) is 4.21. The van der Waals surface area contributed by atoms with Crippen molar-refractivity contribution >= 4 is 16.9 Å². The van der Waals surface area contributed by atoms with Crippen LogP contribution in [-0.4, -0.2) is 6.04 Å². The lowest BCUT2D eigenvalue weighted by Gasteiger charge is -2.33. The minimum Gasteiger partial charge on any atom is -0.334 e. The Morgan fingerprint density at radius 1 is 0.516 bits per heavy atom. The van der Waals surface area contributed by atoms with E-state index < -0.39 is 0 Å². The molecule has 0 bridgehead atoms. The molecule has 1 aliphatic carbocycles. The molecule has 0 fully saturated rings. The van der Waals surface area contributed by atoms with Crippen molar-refractivity contribution < 1.29 is 0 Å². The number of allylic oxidation sites excluding steroid dienone is 2. The van der Waals surface area contributed by atoms with Crippen LogP contribution in [0.25, 0.3) is 16.7 Å². The molecule has 4 aromatic rings. The SMILES string of the molecule is C1=CC(N(c2ccccc2)c2ccc(-c3ccccc3)cc2)CC=C1c1ccccc1. The van der Waals surface area contributed by atoms with Gasteiger partial charge in [-0.1, -0.05) is 109 Å². The van der Waals surface area contributed by atoms with Gasteiger partial charge in [0.2, 0.25) is 0 Å². The monoisotopic (exact) mass is 399 g/mol. The van der Waals surface area contributed by atoms with Crippen LogP contribution in [0.5, 0.6) is 0 Å². The standard InChI is InChI=1S/C30H25N/c1-4-10-24(11-5-1)26-16-20-29(21-17-26)31(28-14-8-3-9-15-28)30-22-18-27(19-23-30)25-12-6-2-7-13-25/h1-22,30H,23H2. The van der Waals surface area contributed by atoms with Crippen LogP contribution in [0.1, 0.15) is 12.0 Å². The Bertz CT molecular complexity index is 1170. The molecule has 0 aromatic heterocycles. The summed E-state index contributed by atoms with van der Waals surface area (Å²) in [5.74, 6) is 0. The first-order valence-electron chi connectivity index (χ1n) is 10.8. The Labute approximate surface area is 184 Å². The summed E-state index contributed by atoms with van der Waals surface area (Å²) in [6.45, 7) is 0. The van der Waals surface area contributed by atoms with Gasteiger partial charge in [0.05, 0.1) is 6.04 Å². The topological polar surface area (TPSA) is 3.24 Å². The van der Waals surface area contributed by atoms with Crippen molar-refractivity contribution in [1.29, 1.82) is 0 Å². The highest BCUT2D eigenvalue weighted by atomic mass is 15.2. The third-order valence-corrected chi connectivity index (χ3v) is 5.80. The molecule has 0 heterocycles. The van der Waals surface area contributed by atoms with Gasteiger partial charge in [0.15, 0.2) is 0 Å². The van der Waals surface area contributed by atoms with E-state index in [0.717, 1.165) is 6.42 Å². The Hall–Kier alpha value is -3.84. The van der Waals surface area contributed by atoms with E-state index in [4.69, 9.17) is 0 Å². The van der Waals surface area contributed by atoms with Crippen molar-refractivity contribution in [2.45, 2.75) is 12.5 Å². The third kappa shape index (κ3) is 4.22. The Morgan fingerprint density at radius 2 is 1.03 bits per heavy atom. The van der Waals surface area contributed by atoms with Gasteiger partial charge in [-0.3, -0.25) is 0 Å². The lowest BCUT2D eigenvalue weighted by molar-refractivity contribution is 0.787. The van der Waals surface area contributed by atoms with Gasteiger partial charge in [0.1, 0.15) is 0 Å². The second-order valence-corrected chi connectivity index (χ2v) is 7.81. The summed E-state index contributed by atoms with van der Waals surface area (Å²) in [5.41, 5.74) is 7.47. The summed E-state index contributed by atoms with van der Waals surface area (Å²) >= 11 is 0. The van der Waals surface area contributed by atoms with Crippen molar-refractivity contribution in [2.24, 2.45) is 0 Å². The number of anilines is 2. The minimum absolute atomic E-state index is 0.275. The molecular weight excluding hydrogens is 374 g/mol. The van der Waals surface area contributed by atoms with Crippen LogP contribution in [0.4, 0.5) is 11.4 Å². The highest BCUT2D eigenvalue weighted by Gasteiger charge is 2.20. The zero-order valence-electron chi connectivity index (χ0n) is 17.4. The summed E-state index contributed by atoms with van der Waals surface area (Å²) in [7, 11) is 0. The highest BCUT2D eigenvalue weighted by Crippen LogP contribution is 2.34. The molecule has 0 amide bonds. The Morgan fingerprint density at radius 3 is 1.61 bits per heavy atom. The number of para-hydroxylation sites is 1. The van der Waals surface area contributed by atoms with Gasteiger partial charge in [-0.05, 0) is 52.9 Å². The van der Waals surface area contributed by atoms with E-state index in [2.05, 4.69) is 138 Å². The molecule has 31 heavy (non-hydrogen) atoms. The van der Waals surface area contributed by atoms with Crippen LogP contribution in [0.15, 0.2) is 133 Å². The van der Waals surface area contributed by atoms with Crippen LogP contribution >= 0.6 is 0 Å². The molecule has 1 nitrogen and oxygen atoms in total. The lowest BCUT2D eigenvalue weighted by atomic mass is 9.95. The summed E-state index contributed by atoms with van der Waals surface area (Å²) in [6.07, 6.45) is 7.92. The predicted molar refractivity (Wildman–Crippen MR) is 132 cm³/mol. The van der Waals surface area contributed by atoms with Crippen LogP contribution < -0.4 is 4.90 Å². The molecule has 5 rings (SSSR count). The highest BCUT2D eigenvalue weighted by molar-refractivity contribution is 5.77. The quantitative estimate of drug-likeness (QED) is 0.330. The zero-order valence-corrected chi connectivity index (χ0v) is 17.4. The molecule has 0 radical (unpaired) electrons. The van der Waals surface area contributed by atoms with E-state index >= 15 is 0 Å². The molecule has 150 valence electrons. The molecule has 1 atom stereocenters. The molecular formula is C30H25N. The van der Waals surface area contributed by atoms with Crippen LogP contribution in [-0.2, 0) is 0 Å². The fraction of sp³-hybridized carbons (Fsp3) is 0.0667. The summed E-state index contributed by atoms with van der Waals surface area (Å²) in [5, 5.41) is 0. The molecule has 0 saturated carbocycles. The first-order chi connectivity index (χ1) is 15.4. The van der Waals surface area contributed by atoms with Gasteiger partial charge in [-0.2, -0.15) is 0 Å². The third-order valence-electron chi connectivity index (χ3n) is 5.80. The maximum atomic E-state index is 2.43. The number of hydrogen-bond donors (Lipinski definition) is 0. The first-order valence-corrected chi connectivity index (χ1v) is 10.8. The molecule has 4 aromatic carbocycles. The van der Waals surface area contributed by atoms with E-state index in [1.165, 1.54) is 33.6 Å². The predicted octanol–water partition coefficient (Wildman–Crippen LogP) is 7.90. The van der Waals surface area contributed by atoms with Gasteiger partial charge in [-0.25, -0.2) is 0 Å². The van der Waals surface area contributed by atoms with Crippen LogP contribution in [0.2, 0.25) is 0 Å². The molecule has 1 heteroatoms. The zero-order chi connectivity index (χ0) is 20.9. The lowest BCUT2D eigenvalue weighted by Crippen LogP contribution is -2.30. The number of nitrogens with zero attached hydrogens (tertiary/aromatic N) is 1. The largest absolute Gasteiger partial charge is 0.334 e.